The van der Waals surface area contributed by atoms with Crippen LogP contribution in [0, 0.1) is 6.92 Å². The molecular formula is C12H11N3O2. The van der Waals surface area contributed by atoms with E-state index in [0.717, 1.165) is 5.56 Å². The number of hydrogen-bond acceptors (Lipinski definition) is 3. The third-order valence-corrected chi connectivity index (χ3v) is 2.34. The van der Waals surface area contributed by atoms with Crippen molar-refractivity contribution in [1.82, 2.24) is 9.55 Å². The lowest BCUT2D eigenvalue weighted by molar-refractivity contribution is 0.0999. The largest absolute Gasteiger partial charge is 0.366 e. The molecule has 5 nitrogen and oxygen atoms in total. The molecule has 86 valence electrons. The Balaban J connectivity index is 2.62. The van der Waals surface area contributed by atoms with Crippen LogP contribution in [0.4, 0.5) is 0 Å². The van der Waals surface area contributed by atoms with E-state index >= 15 is 0 Å². The van der Waals surface area contributed by atoms with Crippen molar-refractivity contribution in [3.05, 3.63) is 58.1 Å². The first kappa shape index (κ1) is 11.1. The van der Waals surface area contributed by atoms with Crippen LogP contribution in [0.3, 0.4) is 0 Å². The van der Waals surface area contributed by atoms with Gasteiger partial charge >= 0.3 is 0 Å². The summed E-state index contributed by atoms with van der Waals surface area (Å²) in [7, 11) is 0. The summed E-state index contributed by atoms with van der Waals surface area (Å²) in [6.07, 6.45) is 3.00. The first-order valence-electron chi connectivity index (χ1n) is 5.03. The molecule has 0 fully saturated rings. The van der Waals surface area contributed by atoms with Crippen LogP contribution in [0.1, 0.15) is 15.9 Å². The fourth-order valence-electron chi connectivity index (χ4n) is 1.46. The molecule has 2 heterocycles. The molecule has 0 atom stereocenters. The molecule has 0 unspecified atom stereocenters. The van der Waals surface area contributed by atoms with Gasteiger partial charge in [-0.2, -0.15) is 0 Å². The molecule has 0 bridgehead atoms. The van der Waals surface area contributed by atoms with E-state index in [2.05, 4.69) is 4.98 Å². The Kier molecular flexibility index (Phi) is 2.74. The number of carbonyl (C=O) groups excluding carboxylic acids is 1. The first-order valence-corrected chi connectivity index (χ1v) is 5.03. The average molecular weight is 229 g/mol. The van der Waals surface area contributed by atoms with Gasteiger partial charge in [-0.15, -0.1) is 0 Å². The lowest BCUT2D eigenvalue weighted by Gasteiger charge is -2.06. The van der Waals surface area contributed by atoms with Crippen molar-refractivity contribution >= 4 is 5.91 Å². The number of nitrogens with two attached hydrogens (primary N) is 1. The molecule has 0 radical (unpaired) electrons. The van der Waals surface area contributed by atoms with Gasteiger partial charge in [-0.1, -0.05) is 0 Å². The normalized spacial score (nSPS) is 10.2. The molecule has 2 N–H and O–H groups in total. The van der Waals surface area contributed by atoms with Crippen LogP contribution in [-0.2, 0) is 0 Å². The average Bonchev–Trinajstić information content (AvgIpc) is 2.29. The molecule has 0 saturated heterocycles. The summed E-state index contributed by atoms with van der Waals surface area (Å²) in [4.78, 5) is 26.8. The molecule has 0 aliphatic heterocycles. The Labute approximate surface area is 97.5 Å². The molecule has 0 aliphatic carbocycles. The van der Waals surface area contributed by atoms with Crippen LogP contribution < -0.4 is 11.3 Å². The van der Waals surface area contributed by atoms with Gasteiger partial charge in [-0.05, 0) is 30.7 Å². The van der Waals surface area contributed by atoms with Crippen molar-refractivity contribution in [2.75, 3.05) is 0 Å². The third kappa shape index (κ3) is 2.23. The zero-order valence-corrected chi connectivity index (χ0v) is 9.25. The molecule has 2 rings (SSSR count). The first-order chi connectivity index (χ1) is 8.08. The fraction of sp³-hybridized carbons (Fsp3) is 0.0833. The molecule has 0 aromatic carbocycles. The lowest BCUT2D eigenvalue weighted by atomic mass is 10.2. The lowest BCUT2D eigenvalue weighted by Crippen LogP contribution is -2.21. The Morgan fingerprint density at radius 1 is 1.35 bits per heavy atom. The van der Waals surface area contributed by atoms with Crippen molar-refractivity contribution < 1.29 is 4.79 Å². The topological polar surface area (TPSA) is 78.0 Å². The summed E-state index contributed by atoms with van der Waals surface area (Å²) < 4.78 is 1.30. The van der Waals surface area contributed by atoms with E-state index < -0.39 is 5.91 Å². The summed E-state index contributed by atoms with van der Waals surface area (Å²) >= 11 is 0. The van der Waals surface area contributed by atoms with Crippen LogP contribution in [0.15, 0.2) is 41.5 Å². The predicted octanol–water partition coefficient (Wildman–Crippen LogP) is 0.640. The number of aryl methyl sites for hydroxylation is 1. The summed E-state index contributed by atoms with van der Waals surface area (Å²) in [5, 5.41) is 0. The van der Waals surface area contributed by atoms with Gasteiger partial charge in [0.1, 0.15) is 5.82 Å². The van der Waals surface area contributed by atoms with E-state index in [0.29, 0.717) is 5.82 Å². The van der Waals surface area contributed by atoms with Crippen LogP contribution in [-0.4, -0.2) is 15.5 Å². The zero-order chi connectivity index (χ0) is 12.4. The van der Waals surface area contributed by atoms with Crippen molar-refractivity contribution in [1.29, 1.82) is 0 Å². The Morgan fingerprint density at radius 3 is 2.76 bits per heavy atom. The summed E-state index contributed by atoms with van der Waals surface area (Å²) in [6.45, 7) is 1.90. The monoisotopic (exact) mass is 229 g/mol. The van der Waals surface area contributed by atoms with E-state index in [4.69, 9.17) is 5.73 Å². The van der Waals surface area contributed by atoms with E-state index in [1.165, 1.54) is 22.9 Å². The maximum Gasteiger partial charge on any atom is 0.256 e. The number of hydrogen-bond donors (Lipinski definition) is 1. The minimum Gasteiger partial charge on any atom is -0.366 e. The molecule has 1 amide bonds. The van der Waals surface area contributed by atoms with E-state index in [-0.39, 0.29) is 11.1 Å². The summed E-state index contributed by atoms with van der Waals surface area (Å²) in [6, 6.07) is 6.28. The Morgan fingerprint density at radius 2 is 2.12 bits per heavy atom. The van der Waals surface area contributed by atoms with Gasteiger partial charge in [-0.25, -0.2) is 4.98 Å². The van der Waals surface area contributed by atoms with Crippen molar-refractivity contribution in [2.24, 2.45) is 5.73 Å². The highest BCUT2D eigenvalue weighted by atomic mass is 16.1. The Bertz CT molecular complexity index is 632. The van der Waals surface area contributed by atoms with Crippen molar-refractivity contribution in [2.45, 2.75) is 6.92 Å². The summed E-state index contributed by atoms with van der Waals surface area (Å²) in [5.74, 6) is -0.107. The SMILES string of the molecule is Cc1ccnc(-n2cc(C(N)=O)ccc2=O)c1. The number of nitrogens with zero attached hydrogens (tertiary/aromatic N) is 2. The fourth-order valence-corrected chi connectivity index (χ4v) is 1.46. The van der Waals surface area contributed by atoms with E-state index in [1.807, 2.05) is 13.0 Å². The standard InChI is InChI=1S/C12H11N3O2/c1-8-4-5-14-10(6-8)15-7-9(12(13)17)2-3-11(15)16/h2-7H,1H3,(H2,13,17). The van der Waals surface area contributed by atoms with Crippen LogP contribution in [0.25, 0.3) is 5.82 Å². The van der Waals surface area contributed by atoms with Gasteiger partial charge in [0.05, 0.1) is 5.56 Å². The second-order valence-corrected chi connectivity index (χ2v) is 3.68. The summed E-state index contributed by atoms with van der Waals surface area (Å²) in [5.41, 5.74) is 6.16. The highest BCUT2D eigenvalue weighted by Crippen LogP contribution is 2.05. The molecule has 0 spiro atoms. The molecule has 5 heteroatoms. The molecule has 0 saturated carbocycles. The highest BCUT2D eigenvalue weighted by Gasteiger charge is 2.05. The maximum atomic E-state index is 11.7. The quantitative estimate of drug-likeness (QED) is 0.820. The van der Waals surface area contributed by atoms with Gasteiger partial charge in [0, 0.05) is 18.5 Å². The van der Waals surface area contributed by atoms with Crippen molar-refractivity contribution in [3.8, 4) is 5.82 Å². The molecule has 2 aromatic heterocycles. The molecule has 2 aromatic rings. The van der Waals surface area contributed by atoms with Crippen molar-refractivity contribution in [3.63, 3.8) is 0 Å². The number of amides is 1. The smallest absolute Gasteiger partial charge is 0.256 e. The zero-order valence-electron chi connectivity index (χ0n) is 9.25. The molecule has 17 heavy (non-hydrogen) atoms. The van der Waals surface area contributed by atoms with Gasteiger partial charge in [0.25, 0.3) is 5.56 Å². The van der Waals surface area contributed by atoms with Gasteiger partial charge in [-0.3, -0.25) is 14.2 Å². The minimum atomic E-state index is -0.577. The van der Waals surface area contributed by atoms with Gasteiger partial charge < -0.3 is 5.73 Å². The Hall–Kier alpha value is -2.43. The van der Waals surface area contributed by atoms with E-state index in [9.17, 15) is 9.59 Å². The van der Waals surface area contributed by atoms with Gasteiger partial charge in [0.15, 0.2) is 0 Å². The number of carbonyl (C=O) groups is 1. The molecular weight excluding hydrogens is 218 g/mol. The minimum absolute atomic E-state index is 0.256. The van der Waals surface area contributed by atoms with Crippen LogP contribution in [0.5, 0.6) is 0 Å². The predicted molar refractivity (Wildman–Crippen MR) is 63.1 cm³/mol. The van der Waals surface area contributed by atoms with Gasteiger partial charge in [0.2, 0.25) is 5.91 Å². The highest BCUT2D eigenvalue weighted by molar-refractivity contribution is 5.92. The maximum absolute atomic E-state index is 11.7. The third-order valence-electron chi connectivity index (χ3n) is 2.34. The number of aromatic nitrogens is 2. The van der Waals surface area contributed by atoms with E-state index in [1.54, 1.807) is 12.3 Å². The number of primary amides is 1. The van der Waals surface area contributed by atoms with Crippen LogP contribution >= 0.6 is 0 Å². The number of rotatable bonds is 2. The molecule has 0 aliphatic rings. The van der Waals surface area contributed by atoms with Crippen LogP contribution in [0.2, 0.25) is 0 Å². The number of pyridine rings is 2. The second-order valence-electron chi connectivity index (χ2n) is 3.68. The second kappa shape index (κ2) is 4.21.